The maximum absolute atomic E-state index is 8.68. The fraction of sp³-hybridized carbons (Fsp3) is 0.714. The van der Waals surface area contributed by atoms with Crippen LogP contribution in [0.25, 0.3) is 0 Å². The van der Waals surface area contributed by atoms with Gasteiger partial charge in [-0.2, -0.15) is 0 Å². The van der Waals surface area contributed by atoms with Gasteiger partial charge in [0.25, 0.3) is 0 Å². The van der Waals surface area contributed by atoms with Gasteiger partial charge >= 0.3 is 0 Å². The third kappa shape index (κ3) is 0.402. The smallest absolute Gasteiger partial charge is 0.0467 e. The minimum atomic E-state index is 0.402. The van der Waals surface area contributed by atoms with E-state index in [-0.39, 0.29) is 0 Å². The highest BCUT2D eigenvalue weighted by Gasteiger charge is 2.49. The van der Waals surface area contributed by atoms with Crippen LogP contribution >= 0.6 is 0 Å². The Hall–Kier alpha value is -0.300. The van der Waals surface area contributed by atoms with Crippen LogP contribution in [0.5, 0.6) is 0 Å². The van der Waals surface area contributed by atoms with Gasteiger partial charge in [0.15, 0.2) is 0 Å². The lowest BCUT2D eigenvalue weighted by Crippen LogP contribution is -1.89. The topological polar surface area (TPSA) is 20.2 Å². The molecule has 2 aliphatic carbocycles. The molecule has 0 aromatic carbocycles. The molecular formula is C7H10O. The Morgan fingerprint density at radius 3 is 2.88 bits per heavy atom. The number of aliphatic hydroxyl groups is 1. The largest absolute Gasteiger partial charge is 0.396 e. The molecule has 0 heterocycles. The van der Waals surface area contributed by atoms with Gasteiger partial charge in [0.2, 0.25) is 0 Å². The van der Waals surface area contributed by atoms with E-state index >= 15 is 0 Å². The minimum Gasteiger partial charge on any atom is -0.396 e. The zero-order valence-electron chi connectivity index (χ0n) is 4.75. The van der Waals surface area contributed by atoms with Crippen molar-refractivity contribution < 1.29 is 5.11 Å². The summed E-state index contributed by atoms with van der Waals surface area (Å²) in [5.74, 6) is 2.24. The molecule has 0 bridgehead atoms. The Kier molecular flexibility index (Phi) is 0.770. The van der Waals surface area contributed by atoms with Crippen LogP contribution in [-0.4, -0.2) is 11.7 Å². The van der Waals surface area contributed by atoms with Gasteiger partial charge in [-0.1, -0.05) is 12.2 Å². The molecule has 0 saturated heterocycles. The molecule has 1 fully saturated rings. The van der Waals surface area contributed by atoms with Crippen molar-refractivity contribution in [1.82, 2.24) is 0 Å². The monoisotopic (exact) mass is 110 g/mol. The second-order valence-electron chi connectivity index (χ2n) is 2.75. The summed E-state index contributed by atoms with van der Waals surface area (Å²) in [6, 6.07) is 0. The summed E-state index contributed by atoms with van der Waals surface area (Å²) in [7, 11) is 0. The van der Waals surface area contributed by atoms with Crippen molar-refractivity contribution in [2.24, 2.45) is 17.8 Å². The van der Waals surface area contributed by atoms with Crippen molar-refractivity contribution in [2.45, 2.75) is 6.42 Å². The fourth-order valence-corrected chi connectivity index (χ4v) is 1.74. The summed E-state index contributed by atoms with van der Waals surface area (Å²) in [5.41, 5.74) is 0. The van der Waals surface area contributed by atoms with E-state index in [0.717, 1.165) is 11.8 Å². The van der Waals surface area contributed by atoms with Gasteiger partial charge in [-0.05, 0) is 24.2 Å². The Bertz CT molecular complexity index is 128. The zero-order valence-corrected chi connectivity index (χ0v) is 4.75. The van der Waals surface area contributed by atoms with E-state index in [1.807, 2.05) is 0 Å². The molecular weight excluding hydrogens is 100 g/mol. The summed E-state index contributed by atoms with van der Waals surface area (Å²) < 4.78 is 0. The summed E-state index contributed by atoms with van der Waals surface area (Å²) in [6.07, 6.45) is 5.68. The molecule has 0 aromatic rings. The van der Waals surface area contributed by atoms with Gasteiger partial charge in [0.1, 0.15) is 0 Å². The fourth-order valence-electron chi connectivity index (χ4n) is 1.74. The summed E-state index contributed by atoms with van der Waals surface area (Å²) >= 11 is 0. The molecule has 0 unspecified atom stereocenters. The van der Waals surface area contributed by atoms with Crippen molar-refractivity contribution in [1.29, 1.82) is 0 Å². The number of hydrogen-bond acceptors (Lipinski definition) is 1. The maximum Gasteiger partial charge on any atom is 0.0467 e. The van der Waals surface area contributed by atoms with E-state index in [1.54, 1.807) is 0 Å². The first kappa shape index (κ1) is 4.57. The average molecular weight is 110 g/mol. The molecule has 1 nitrogen and oxygen atoms in total. The van der Waals surface area contributed by atoms with E-state index in [1.165, 1.54) is 6.42 Å². The standard InChI is InChI=1S/C7H10O/c8-4-7-5-2-1-3-6(5)7/h1-2,5-8H,3-4H2/t5-,6+,7-/m0/s1. The first-order valence-electron chi connectivity index (χ1n) is 3.21. The molecule has 1 N–H and O–H groups in total. The minimum absolute atomic E-state index is 0.402. The van der Waals surface area contributed by atoms with Crippen molar-refractivity contribution >= 4 is 0 Å². The molecule has 1 saturated carbocycles. The van der Waals surface area contributed by atoms with Crippen LogP contribution in [0.4, 0.5) is 0 Å². The molecule has 0 aromatic heterocycles. The lowest BCUT2D eigenvalue weighted by molar-refractivity contribution is 0.265. The van der Waals surface area contributed by atoms with Crippen molar-refractivity contribution in [3.8, 4) is 0 Å². The van der Waals surface area contributed by atoms with Crippen LogP contribution < -0.4 is 0 Å². The third-order valence-electron chi connectivity index (χ3n) is 2.38. The second kappa shape index (κ2) is 1.35. The van der Waals surface area contributed by atoms with Gasteiger partial charge in [-0.15, -0.1) is 0 Å². The second-order valence-corrected chi connectivity index (χ2v) is 2.75. The molecule has 8 heavy (non-hydrogen) atoms. The molecule has 2 rings (SSSR count). The van der Waals surface area contributed by atoms with E-state index < -0.39 is 0 Å². The molecule has 44 valence electrons. The first-order valence-corrected chi connectivity index (χ1v) is 3.21. The lowest BCUT2D eigenvalue weighted by Gasteiger charge is -1.88. The van der Waals surface area contributed by atoms with Crippen LogP contribution in [0.15, 0.2) is 12.2 Å². The lowest BCUT2D eigenvalue weighted by atomic mass is 10.2. The number of rotatable bonds is 1. The van der Waals surface area contributed by atoms with Crippen molar-refractivity contribution in [3.63, 3.8) is 0 Å². The normalized spacial score (nSPS) is 49.4. The summed E-state index contributed by atoms with van der Waals surface area (Å²) in [4.78, 5) is 0. The quantitative estimate of drug-likeness (QED) is 0.495. The van der Waals surface area contributed by atoms with E-state index in [2.05, 4.69) is 12.2 Å². The van der Waals surface area contributed by atoms with Gasteiger partial charge in [0.05, 0.1) is 0 Å². The molecule has 2 aliphatic rings. The van der Waals surface area contributed by atoms with Crippen LogP contribution in [0, 0.1) is 17.8 Å². The Balaban J connectivity index is 2.03. The number of hydrogen-bond donors (Lipinski definition) is 1. The molecule has 0 amide bonds. The molecule has 0 aliphatic heterocycles. The van der Waals surface area contributed by atoms with E-state index in [9.17, 15) is 0 Å². The highest BCUT2D eigenvalue weighted by molar-refractivity contribution is 5.16. The van der Waals surface area contributed by atoms with E-state index in [4.69, 9.17) is 5.11 Å². The van der Waals surface area contributed by atoms with E-state index in [0.29, 0.717) is 12.5 Å². The van der Waals surface area contributed by atoms with Gasteiger partial charge in [-0.3, -0.25) is 0 Å². The van der Waals surface area contributed by atoms with Gasteiger partial charge in [0, 0.05) is 6.61 Å². The molecule has 0 radical (unpaired) electrons. The van der Waals surface area contributed by atoms with Crippen molar-refractivity contribution in [2.75, 3.05) is 6.61 Å². The van der Waals surface area contributed by atoms with Crippen molar-refractivity contribution in [3.05, 3.63) is 12.2 Å². The molecule has 3 atom stereocenters. The maximum atomic E-state index is 8.68. The number of aliphatic hydroxyl groups excluding tert-OH is 1. The molecule has 1 heteroatoms. The zero-order chi connectivity index (χ0) is 5.56. The highest BCUT2D eigenvalue weighted by Crippen LogP contribution is 2.53. The Morgan fingerprint density at radius 2 is 2.50 bits per heavy atom. The Morgan fingerprint density at radius 1 is 1.62 bits per heavy atom. The predicted molar refractivity (Wildman–Crippen MR) is 31.3 cm³/mol. The van der Waals surface area contributed by atoms with Crippen LogP contribution in [0.2, 0.25) is 0 Å². The summed E-state index contributed by atoms with van der Waals surface area (Å²) in [5, 5.41) is 8.68. The van der Waals surface area contributed by atoms with Crippen LogP contribution in [0.3, 0.4) is 0 Å². The summed E-state index contributed by atoms with van der Waals surface area (Å²) in [6.45, 7) is 0.402. The van der Waals surface area contributed by atoms with Gasteiger partial charge < -0.3 is 5.11 Å². The third-order valence-corrected chi connectivity index (χ3v) is 2.38. The Labute approximate surface area is 49.0 Å². The number of fused-ring (bicyclic) bond motifs is 1. The predicted octanol–water partition coefficient (Wildman–Crippen LogP) is 0.801. The number of allylic oxidation sites excluding steroid dienone is 2. The first-order chi connectivity index (χ1) is 3.93. The highest BCUT2D eigenvalue weighted by atomic mass is 16.3. The van der Waals surface area contributed by atoms with Crippen LogP contribution in [-0.2, 0) is 0 Å². The molecule has 0 spiro atoms. The SMILES string of the molecule is OC[C@H]1[C@H]2C=CC[C@H]21. The van der Waals surface area contributed by atoms with Gasteiger partial charge in [-0.25, -0.2) is 0 Å². The van der Waals surface area contributed by atoms with Crippen LogP contribution in [0.1, 0.15) is 6.42 Å². The average Bonchev–Trinajstić information content (AvgIpc) is 2.22.